The Bertz CT molecular complexity index is 406. The van der Waals surface area contributed by atoms with E-state index in [9.17, 15) is 0 Å². The Morgan fingerprint density at radius 3 is 2.74 bits per heavy atom. The van der Waals surface area contributed by atoms with Crippen LogP contribution in [0.4, 0.5) is 0 Å². The molecule has 1 heterocycles. The molecule has 1 aromatic heterocycles. The van der Waals surface area contributed by atoms with Crippen molar-refractivity contribution in [2.45, 2.75) is 45.7 Å². The molecule has 0 spiro atoms. The molecule has 0 amide bonds. The number of rotatable bonds is 7. The van der Waals surface area contributed by atoms with Gasteiger partial charge in [0, 0.05) is 12.8 Å². The van der Waals surface area contributed by atoms with E-state index < -0.39 is 8.07 Å². The number of pyridine rings is 1. The molecule has 1 rings (SSSR count). The van der Waals surface area contributed by atoms with E-state index in [1.54, 1.807) is 6.20 Å². The highest BCUT2D eigenvalue weighted by atomic mass is 28.3. The molecule has 0 aliphatic carbocycles. The lowest BCUT2D eigenvalue weighted by atomic mass is 10.2. The van der Waals surface area contributed by atoms with Crippen LogP contribution in [-0.2, 0) is 4.74 Å². The molecule has 0 unspecified atom stereocenters. The zero-order valence-corrected chi connectivity index (χ0v) is 13.4. The second-order valence-electron chi connectivity index (χ2n) is 5.46. The zero-order valence-electron chi connectivity index (χ0n) is 12.4. The summed E-state index contributed by atoms with van der Waals surface area (Å²) >= 11 is 0. The third-order valence-corrected chi connectivity index (χ3v) is 4.53. The summed E-state index contributed by atoms with van der Waals surface area (Å²) in [6.45, 7) is 7.59. The maximum absolute atomic E-state index is 5.77. The maximum atomic E-state index is 5.77. The predicted octanol–water partition coefficient (Wildman–Crippen LogP) is 3.82. The van der Waals surface area contributed by atoms with Crippen LogP contribution in [0.25, 0.3) is 0 Å². The summed E-state index contributed by atoms with van der Waals surface area (Å²) in [5.74, 6) is 3.17. The summed E-state index contributed by atoms with van der Waals surface area (Å²) in [5.41, 5.74) is 4.23. The van der Waals surface area contributed by atoms with Gasteiger partial charge < -0.3 is 4.74 Å². The second kappa shape index (κ2) is 8.90. The van der Waals surface area contributed by atoms with E-state index in [4.69, 9.17) is 4.74 Å². The van der Waals surface area contributed by atoms with Gasteiger partial charge in [0.25, 0.3) is 0 Å². The summed E-state index contributed by atoms with van der Waals surface area (Å²) in [6.07, 6.45) is 7.63. The lowest BCUT2D eigenvalue weighted by Crippen LogP contribution is -2.31. The van der Waals surface area contributed by atoms with E-state index in [0.717, 1.165) is 18.5 Å². The van der Waals surface area contributed by atoms with Crippen molar-refractivity contribution in [3.05, 3.63) is 30.1 Å². The second-order valence-corrected chi connectivity index (χ2v) is 9.77. The van der Waals surface area contributed by atoms with Gasteiger partial charge in [-0.15, -0.1) is 5.54 Å². The average Bonchev–Trinajstić information content (AvgIpc) is 2.42. The van der Waals surface area contributed by atoms with E-state index in [1.807, 2.05) is 18.2 Å². The number of aromatic nitrogens is 1. The fourth-order valence-corrected chi connectivity index (χ4v) is 2.86. The number of ether oxygens (including phenoxy) is 1. The van der Waals surface area contributed by atoms with Crippen molar-refractivity contribution in [2.24, 2.45) is 0 Å². The average molecular weight is 275 g/mol. The predicted molar refractivity (Wildman–Crippen MR) is 83.6 cm³/mol. The van der Waals surface area contributed by atoms with Crippen molar-refractivity contribution in [1.82, 2.24) is 4.98 Å². The highest BCUT2D eigenvalue weighted by molar-refractivity contribution is 6.85. The van der Waals surface area contributed by atoms with Gasteiger partial charge in [0.15, 0.2) is 8.07 Å². The molecule has 0 atom stereocenters. The Hall–Kier alpha value is -1.11. The number of hydrogen-bond acceptors (Lipinski definition) is 2. The highest BCUT2D eigenvalue weighted by Crippen LogP contribution is 2.04. The van der Waals surface area contributed by atoms with Gasteiger partial charge in [-0.2, -0.15) is 0 Å². The summed E-state index contributed by atoms with van der Waals surface area (Å²) in [4.78, 5) is 4.22. The van der Waals surface area contributed by atoms with Gasteiger partial charge in [-0.25, -0.2) is 4.98 Å². The van der Waals surface area contributed by atoms with Gasteiger partial charge in [-0.05, 0) is 18.6 Å². The number of hydrogen-bond donors (Lipinski definition) is 0. The van der Waals surface area contributed by atoms with Gasteiger partial charge in [0.1, 0.15) is 5.69 Å². The van der Waals surface area contributed by atoms with Crippen molar-refractivity contribution in [3.63, 3.8) is 0 Å². The van der Waals surface area contributed by atoms with E-state index in [0.29, 0.717) is 0 Å². The molecule has 2 nitrogen and oxygen atoms in total. The van der Waals surface area contributed by atoms with Crippen molar-refractivity contribution in [1.29, 1.82) is 0 Å². The van der Waals surface area contributed by atoms with Crippen LogP contribution in [0.5, 0.6) is 0 Å². The Morgan fingerprint density at radius 2 is 2.05 bits per heavy atom. The molecule has 0 saturated carbocycles. The molecule has 0 N–H and O–H groups in total. The topological polar surface area (TPSA) is 22.1 Å². The SMILES string of the molecule is CCCCCCOC[Si](C)(C)C#Cc1ccccn1. The Labute approximate surface area is 118 Å². The van der Waals surface area contributed by atoms with Crippen LogP contribution in [0.1, 0.15) is 38.3 Å². The van der Waals surface area contributed by atoms with Crippen molar-refractivity contribution in [3.8, 4) is 11.5 Å². The fraction of sp³-hybridized carbons (Fsp3) is 0.562. The van der Waals surface area contributed by atoms with Crippen LogP contribution >= 0.6 is 0 Å². The van der Waals surface area contributed by atoms with Crippen LogP contribution in [0, 0.1) is 11.5 Å². The van der Waals surface area contributed by atoms with Crippen LogP contribution in [0.2, 0.25) is 13.1 Å². The highest BCUT2D eigenvalue weighted by Gasteiger charge is 2.18. The van der Waals surface area contributed by atoms with E-state index in [2.05, 4.69) is 36.5 Å². The summed E-state index contributed by atoms with van der Waals surface area (Å²) in [6, 6.07) is 5.83. The van der Waals surface area contributed by atoms with Crippen LogP contribution in [0.3, 0.4) is 0 Å². The van der Waals surface area contributed by atoms with E-state index in [-0.39, 0.29) is 0 Å². The summed E-state index contributed by atoms with van der Waals surface area (Å²) in [5, 5.41) is 0. The van der Waals surface area contributed by atoms with Crippen LogP contribution in [0.15, 0.2) is 24.4 Å². The molecule has 0 fully saturated rings. The van der Waals surface area contributed by atoms with Gasteiger partial charge in [-0.1, -0.05) is 51.3 Å². The third kappa shape index (κ3) is 7.81. The minimum atomic E-state index is -1.58. The zero-order chi connectivity index (χ0) is 14.0. The van der Waals surface area contributed by atoms with E-state index >= 15 is 0 Å². The molecule has 104 valence electrons. The van der Waals surface area contributed by atoms with Gasteiger partial charge >= 0.3 is 0 Å². The molecule has 0 aliphatic heterocycles. The minimum absolute atomic E-state index is 0.818. The largest absolute Gasteiger partial charge is 0.384 e. The molecular weight excluding hydrogens is 250 g/mol. The van der Waals surface area contributed by atoms with Gasteiger partial charge in [0.2, 0.25) is 0 Å². The minimum Gasteiger partial charge on any atom is -0.384 e. The smallest absolute Gasteiger partial charge is 0.159 e. The molecule has 0 aliphatic rings. The molecule has 3 heteroatoms. The van der Waals surface area contributed by atoms with Crippen molar-refractivity contribution in [2.75, 3.05) is 12.8 Å². The normalized spacial score (nSPS) is 10.9. The fourth-order valence-electron chi connectivity index (χ4n) is 1.66. The molecule has 0 bridgehead atoms. The van der Waals surface area contributed by atoms with Gasteiger partial charge in [-0.3, -0.25) is 0 Å². The van der Waals surface area contributed by atoms with Crippen molar-refractivity contribution < 1.29 is 4.74 Å². The molecule has 0 radical (unpaired) electrons. The van der Waals surface area contributed by atoms with Crippen LogP contribution < -0.4 is 0 Å². The number of unbranched alkanes of at least 4 members (excludes halogenated alkanes) is 3. The third-order valence-electron chi connectivity index (χ3n) is 2.80. The Balaban J connectivity index is 2.30. The Morgan fingerprint density at radius 1 is 1.21 bits per heavy atom. The van der Waals surface area contributed by atoms with Gasteiger partial charge in [0.05, 0.1) is 6.23 Å². The monoisotopic (exact) mass is 275 g/mol. The van der Waals surface area contributed by atoms with Crippen molar-refractivity contribution >= 4 is 8.07 Å². The standard InChI is InChI=1S/C16H25NOSi/c1-4-5-6-9-13-18-15-19(2,3)14-11-16-10-7-8-12-17-16/h7-8,10,12H,4-6,9,13,15H2,1-3H3. The number of nitrogens with zero attached hydrogens (tertiary/aromatic N) is 1. The lowest BCUT2D eigenvalue weighted by Gasteiger charge is -2.14. The lowest BCUT2D eigenvalue weighted by molar-refractivity contribution is 0.168. The first-order valence-corrected chi connectivity index (χ1v) is 10.4. The first kappa shape index (κ1) is 15.9. The first-order chi connectivity index (χ1) is 9.14. The molecule has 0 aromatic carbocycles. The first-order valence-electron chi connectivity index (χ1n) is 7.16. The van der Waals surface area contributed by atoms with Crippen LogP contribution in [-0.4, -0.2) is 25.9 Å². The molecule has 19 heavy (non-hydrogen) atoms. The molecular formula is C16H25NOSi. The quantitative estimate of drug-likeness (QED) is 0.429. The summed E-state index contributed by atoms with van der Waals surface area (Å²) in [7, 11) is -1.58. The Kier molecular flexibility index (Phi) is 7.47. The molecule has 0 saturated heterocycles. The summed E-state index contributed by atoms with van der Waals surface area (Å²) < 4.78 is 5.77. The maximum Gasteiger partial charge on any atom is 0.159 e. The molecule has 1 aromatic rings. The van der Waals surface area contributed by atoms with E-state index in [1.165, 1.54) is 25.7 Å².